The van der Waals surface area contributed by atoms with E-state index in [1.165, 1.54) is 32.8 Å². The standard InChI is InChI=1S/C17H13Cl2N3O4/c1-25-8-3-9-10(5-21-14(9)13(4-8)26-2)16(23)17(24)22-15-11(18)6-20-7-12(15)19/h3-7,21H,1-2H3,(H,20,22,24). The molecule has 0 bridgehead atoms. The molecule has 1 aromatic carbocycles. The smallest absolute Gasteiger partial charge is 0.296 e. The second-order valence-electron chi connectivity index (χ2n) is 5.22. The van der Waals surface area contributed by atoms with Gasteiger partial charge in [-0.2, -0.15) is 0 Å². The molecular formula is C17H13Cl2N3O4. The van der Waals surface area contributed by atoms with Crippen molar-refractivity contribution in [2.24, 2.45) is 0 Å². The van der Waals surface area contributed by atoms with Crippen molar-refractivity contribution in [3.05, 3.63) is 46.3 Å². The van der Waals surface area contributed by atoms with Gasteiger partial charge in [0.05, 0.1) is 41.0 Å². The monoisotopic (exact) mass is 393 g/mol. The van der Waals surface area contributed by atoms with E-state index in [4.69, 9.17) is 32.7 Å². The Balaban J connectivity index is 1.98. The summed E-state index contributed by atoms with van der Waals surface area (Å²) in [5.41, 5.74) is 0.858. The van der Waals surface area contributed by atoms with E-state index in [1.807, 2.05) is 0 Å². The number of hydrogen-bond acceptors (Lipinski definition) is 5. The van der Waals surface area contributed by atoms with Crippen molar-refractivity contribution in [2.45, 2.75) is 0 Å². The van der Waals surface area contributed by atoms with Gasteiger partial charge in [-0.3, -0.25) is 14.6 Å². The van der Waals surface area contributed by atoms with E-state index in [9.17, 15) is 9.59 Å². The second kappa shape index (κ2) is 7.23. The molecule has 0 saturated carbocycles. The number of nitrogens with one attached hydrogen (secondary N) is 2. The lowest BCUT2D eigenvalue weighted by molar-refractivity contribution is -0.112. The number of amides is 1. The van der Waals surface area contributed by atoms with Gasteiger partial charge in [0.2, 0.25) is 0 Å². The summed E-state index contributed by atoms with van der Waals surface area (Å²) < 4.78 is 10.5. The van der Waals surface area contributed by atoms with Crippen LogP contribution in [0.15, 0.2) is 30.7 Å². The number of carbonyl (C=O) groups excluding carboxylic acids is 2. The van der Waals surface area contributed by atoms with Gasteiger partial charge < -0.3 is 19.8 Å². The highest BCUT2D eigenvalue weighted by molar-refractivity contribution is 6.50. The number of rotatable bonds is 5. The Morgan fingerprint density at radius 1 is 1.12 bits per heavy atom. The second-order valence-corrected chi connectivity index (χ2v) is 6.03. The van der Waals surface area contributed by atoms with Crippen molar-refractivity contribution in [1.29, 1.82) is 0 Å². The summed E-state index contributed by atoms with van der Waals surface area (Å²) in [4.78, 5) is 31.8. The Bertz CT molecular complexity index is 996. The van der Waals surface area contributed by atoms with Crippen molar-refractivity contribution < 1.29 is 19.1 Å². The lowest BCUT2D eigenvalue weighted by atomic mass is 10.1. The molecule has 1 amide bonds. The zero-order valence-electron chi connectivity index (χ0n) is 13.7. The van der Waals surface area contributed by atoms with Crippen LogP contribution in [0.2, 0.25) is 10.0 Å². The number of carbonyl (C=O) groups is 2. The SMILES string of the molecule is COc1cc(OC)c2[nH]cc(C(=O)C(=O)Nc3c(Cl)cncc3Cl)c2c1. The minimum atomic E-state index is -0.886. The van der Waals surface area contributed by atoms with E-state index in [0.717, 1.165) is 0 Å². The maximum atomic E-state index is 12.6. The zero-order valence-corrected chi connectivity index (χ0v) is 15.2. The molecule has 0 spiro atoms. The van der Waals surface area contributed by atoms with Gasteiger partial charge in [0.25, 0.3) is 11.7 Å². The number of Topliss-reactive ketones (excluding diaryl/α,β-unsaturated/α-hetero) is 1. The van der Waals surface area contributed by atoms with Crippen molar-refractivity contribution in [3.8, 4) is 11.5 Å². The minimum absolute atomic E-state index is 0.122. The number of nitrogens with zero attached hydrogens (tertiary/aromatic N) is 1. The first kappa shape index (κ1) is 18.0. The summed E-state index contributed by atoms with van der Waals surface area (Å²) in [5, 5.41) is 3.17. The van der Waals surface area contributed by atoms with Gasteiger partial charge in [-0.05, 0) is 6.07 Å². The molecule has 0 aliphatic heterocycles. The van der Waals surface area contributed by atoms with Gasteiger partial charge in [-0.1, -0.05) is 23.2 Å². The number of hydrogen-bond donors (Lipinski definition) is 2. The molecular weight excluding hydrogens is 381 g/mol. The van der Waals surface area contributed by atoms with Crippen LogP contribution in [-0.2, 0) is 4.79 Å². The molecule has 7 nitrogen and oxygen atoms in total. The first-order valence-electron chi connectivity index (χ1n) is 7.34. The molecule has 3 aromatic rings. The van der Waals surface area contributed by atoms with Gasteiger partial charge >= 0.3 is 0 Å². The average Bonchev–Trinajstić information content (AvgIpc) is 3.07. The third-order valence-corrected chi connectivity index (χ3v) is 4.30. The highest BCUT2D eigenvalue weighted by atomic mass is 35.5. The predicted molar refractivity (Wildman–Crippen MR) is 98.6 cm³/mol. The molecule has 0 unspecified atom stereocenters. The number of methoxy groups -OCH3 is 2. The van der Waals surface area contributed by atoms with Gasteiger partial charge in [0.15, 0.2) is 0 Å². The van der Waals surface area contributed by atoms with Crippen LogP contribution in [0.4, 0.5) is 5.69 Å². The Hall–Kier alpha value is -2.77. The van der Waals surface area contributed by atoms with Crippen molar-refractivity contribution in [2.75, 3.05) is 19.5 Å². The molecule has 2 N–H and O–H groups in total. The maximum Gasteiger partial charge on any atom is 0.296 e. The Labute approximate surface area is 158 Å². The fourth-order valence-electron chi connectivity index (χ4n) is 2.46. The summed E-state index contributed by atoms with van der Waals surface area (Å²) in [5.74, 6) is -0.680. The number of anilines is 1. The zero-order chi connectivity index (χ0) is 18.8. The van der Waals surface area contributed by atoms with Crippen molar-refractivity contribution >= 4 is 51.5 Å². The van der Waals surface area contributed by atoms with Crippen LogP contribution in [0.1, 0.15) is 10.4 Å². The highest BCUT2D eigenvalue weighted by Gasteiger charge is 2.23. The number of aromatic nitrogens is 2. The Kier molecular flexibility index (Phi) is 5.01. The fraction of sp³-hybridized carbons (Fsp3) is 0.118. The van der Waals surface area contributed by atoms with Gasteiger partial charge in [-0.15, -0.1) is 0 Å². The molecule has 0 aliphatic carbocycles. The number of H-pyrrole nitrogens is 1. The topological polar surface area (TPSA) is 93.3 Å². The molecule has 0 fully saturated rings. The fourth-order valence-corrected chi connectivity index (χ4v) is 2.92. The van der Waals surface area contributed by atoms with E-state index in [0.29, 0.717) is 22.4 Å². The molecule has 134 valence electrons. The van der Waals surface area contributed by atoms with Crippen LogP contribution in [0.5, 0.6) is 11.5 Å². The summed E-state index contributed by atoms with van der Waals surface area (Å²) >= 11 is 11.9. The summed E-state index contributed by atoms with van der Waals surface area (Å²) in [6.45, 7) is 0. The average molecular weight is 394 g/mol. The molecule has 0 radical (unpaired) electrons. The summed E-state index contributed by atoms with van der Waals surface area (Å²) in [6, 6.07) is 3.31. The Morgan fingerprint density at radius 3 is 2.42 bits per heavy atom. The minimum Gasteiger partial charge on any atom is -0.497 e. The molecule has 2 heterocycles. The lowest BCUT2D eigenvalue weighted by Crippen LogP contribution is -2.23. The normalized spacial score (nSPS) is 10.6. The number of fused-ring (bicyclic) bond motifs is 1. The van der Waals surface area contributed by atoms with Crippen LogP contribution >= 0.6 is 23.2 Å². The van der Waals surface area contributed by atoms with E-state index >= 15 is 0 Å². The Morgan fingerprint density at radius 2 is 1.81 bits per heavy atom. The number of pyridine rings is 1. The molecule has 0 aliphatic rings. The largest absolute Gasteiger partial charge is 0.497 e. The van der Waals surface area contributed by atoms with E-state index in [-0.39, 0.29) is 21.3 Å². The number of aromatic amines is 1. The van der Waals surface area contributed by atoms with Crippen molar-refractivity contribution in [1.82, 2.24) is 9.97 Å². The third-order valence-electron chi connectivity index (χ3n) is 3.73. The number of ether oxygens (including phenoxy) is 2. The van der Waals surface area contributed by atoms with Gasteiger partial charge in [0.1, 0.15) is 11.5 Å². The molecule has 26 heavy (non-hydrogen) atoms. The maximum absolute atomic E-state index is 12.6. The molecule has 0 atom stereocenters. The first-order valence-corrected chi connectivity index (χ1v) is 8.09. The van der Waals surface area contributed by atoms with Gasteiger partial charge in [-0.25, -0.2) is 0 Å². The van der Waals surface area contributed by atoms with Crippen LogP contribution in [-0.4, -0.2) is 35.9 Å². The number of ketones is 1. The van der Waals surface area contributed by atoms with Crippen molar-refractivity contribution in [3.63, 3.8) is 0 Å². The molecule has 9 heteroatoms. The van der Waals surface area contributed by atoms with Gasteiger partial charge in [0, 0.05) is 30.0 Å². The van der Waals surface area contributed by atoms with Crippen LogP contribution in [0, 0.1) is 0 Å². The molecule has 0 saturated heterocycles. The number of halogens is 2. The number of benzene rings is 1. The van der Waals surface area contributed by atoms with E-state index in [1.54, 1.807) is 12.1 Å². The molecule has 2 aromatic heterocycles. The highest BCUT2D eigenvalue weighted by Crippen LogP contribution is 2.33. The van der Waals surface area contributed by atoms with E-state index < -0.39 is 11.7 Å². The van der Waals surface area contributed by atoms with Crippen LogP contribution in [0.25, 0.3) is 10.9 Å². The summed E-state index contributed by atoms with van der Waals surface area (Å²) in [6.07, 6.45) is 4.06. The summed E-state index contributed by atoms with van der Waals surface area (Å²) in [7, 11) is 2.99. The third kappa shape index (κ3) is 3.18. The van der Waals surface area contributed by atoms with Crippen LogP contribution in [0.3, 0.4) is 0 Å². The molecule has 3 rings (SSSR count). The van der Waals surface area contributed by atoms with E-state index in [2.05, 4.69) is 15.3 Å². The first-order chi connectivity index (χ1) is 12.5. The quantitative estimate of drug-likeness (QED) is 0.508. The van der Waals surface area contributed by atoms with Crippen LogP contribution < -0.4 is 14.8 Å². The lowest BCUT2D eigenvalue weighted by Gasteiger charge is -2.08. The predicted octanol–water partition coefficient (Wildman–Crippen LogP) is 3.71.